The third kappa shape index (κ3) is 3.54. The van der Waals surface area contributed by atoms with Crippen molar-refractivity contribution in [1.82, 2.24) is 9.97 Å². The van der Waals surface area contributed by atoms with Gasteiger partial charge in [0, 0.05) is 12.0 Å². The molecule has 0 bridgehead atoms. The molecular formula is C20H15N3O2. The monoisotopic (exact) mass is 329 g/mol. The first-order valence-electron chi connectivity index (χ1n) is 7.73. The molecular weight excluding hydrogens is 314 g/mol. The third-order valence-corrected chi connectivity index (χ3v) is 3.88. The number of aryl methyl sites for hydroxylation is 1. The van der Waals surface area contributed by atoms with E-state index in [4.69, 9.17) is 5.11 Å². The first-order valence-corrected chi connectivity index (χ1v) is 7.73. The molecule has 0 saturated heterocycles. The minimum Gasteiger partial charge on any atom is -0.478 e. The summed E-state index contributed by atoms with van der Waals surface area (Å²) in [6, 6.07) is 18.4. The van der Waals surface area contributed by atoms with Gasteiger partial charge in [-0.05, 0) is 24.6 Å². The van der Waals surface area contributed by atoms with Crippen molar-refractivity contribution in [3.05, 3.63) is 82.7 Å². The number of nitrogens with zero attached hydrogens (tertiary/aromatic N) is 3. The molecule has 1 N–H and O–H groups in total. The summed E-state index contributed by atoms with van der Waals surface area (Å²) < 4.78 is 0. The second kappa shape index (κ2) is 6.93. The molecule has 0 saturated carbocycles. The highest BCUT2D eigenvalue weighted by atomic mass is 16.4. The van der Waals surface area contributed by atoms with Gasteiger partial charge >= 0.3 is 5.97 Å². The summed E-state index contributed by atoms with van der Waals surface area (Å²) in [5.74, 6) is -0.386. The average Bonchev–Trinajstić information content (AvgIpc) is 2.62. The van der Waals surface area contributed by atoms with Gasteiger partial charge in [0.2, 0.25) is 0 Å². The van der Waals surface area contributed by atoms with Gasteiger partial charge < -0.3 is 5.11 Å². The molecule has 0 fully saturated rings. The fourth-order valence-corrected chi connectivity index (χ4v) is 2.58. The predicted octanol–water partition coefficient (Wildman–Crippen LogP) is 3.61. The summed E-state index contributed by atoms with van der Waals surface area (Å²) in [5.41, 5.74) is 3.73. The quantitative estimate of drug-likeness (QED) is 0.790. The van der Waals surface area contributed by atoms with Crippen LogP contribution in [0.2, 0.25) is 0 Å². The minimum atomic E-state index is -0.964. The highest BCUT2D eigenvalue weighted by molar-refractivity contribution is 5.87. The summed E-state index contributed by atoms with van der Waals surface area (Å²) in [6.07, 6.45) is 0.436. The second-order valence-electron chi connectivity index (χ2n) is 5.61. The summed E-state index contributed by atoms with van der Waals surface area (Å²) in [5, 5.41) is 18.4. The smallest absolute Gasteiger partial charge is 0.335 e. The van der Waals surface area contributed by atoms with E-state index in [0.29, 0.717) is 29.2 Å². The van der Waals surface area contributed by atoms with Gasteiger partial charge in [0.1, 0.15) is 6.07 Å². The molecule has 3 rings (SSSR count). The summed E-state index contributed by atoms with van der Waals surface area (Å²) >= 11 is 0. The first kappa shape index (κ1) is 16.3. The molecule has 0 aliphatic carbocycles. The maximum absolute atomic E-state index is 11.0. The van der Waals surface area contributed by atoms with E-state index in [1.54, 1.807) is 31.2 Å². The zero-order chi connectivity index (χ0) is 17.8. The van der Waals surface area contributed by atoms with Crippen LogP contribution in [-0.4, -0.2) is 21.0 Å². The van der Waals surface area contributed by atoms with Gasteiger partial charge in [-0.25, -0.2) is 14.8 Å². The highest BCUT2D eigenvalue weighted by Crippen LogP contribution is 2.21. The van der Waals surface area contributed by atoms with Crippen LogP contribution in [0.1, 0.15) is 32.9 Å². The molecule has 2 aromatic carbocycles. The lowest BCUT2D eigenvalue weighted by Crippen LogP contribution is -2.05. The fourth-order valence-electron chi connectivity index (χ4n) is 2.58. The van der Waals surface area contributed by atoms with Gasteiger partial charge in [-0.15, -0.1) is 0 Å². The molecule has 1 heterocycles. The maximum atomic E-state index is 11.0. The topological polar surface area (TPSA) is 86.9 Å². The molecule has 0 aliphatic heterocycles. The van der Waals surface area contributed by atoms with Crippen molar-refractivity contribution in [2.75, 3.05) is 0 Å². The number of carboxylic acids is 1. The van der Waals surface area contributed by atoms with E-state index in [-0.39, 0.29) is 5.56 Å². The molecule has 1 aromatic heterocycles. The molecule has 0 unspecified atom stereocenters. The Balaban J connectivity index is 2.01. The number of aromatic carboxylic acids is 1. The Bertz CT molecular complexity index is 959. The van der Waals surface area contributed by atoms with E-state index in [9.17, 15) is 10.1 Å². The van der Waals surface area contributed by atoms with Gasteiger partial charge in [0.15, 0.2) is 5.82 Å². The van der Waals surface area contributed by atoms with E-state index >= 15 is 0 Å². The summed E-state index contributed by atoms with van der Waals surface area (Å²) in [7, 11) is 0. The largest absolute Gasteiger partial charge is 0.478 e. The third-order valence-electron chi connectivity index (χ3n) is 3.88. The van der Waals surface area contributed by atoms with Crippen LogP contribution >= 0.6 is 0 Å². The Morgan fingerprint density at radius 1 is 1.08 bits per heavy atom. The van der Waals surface area contributed by atoms with E-state index < -0.39 is 5.97 Å². The van der Waals surface area contributed by atoms with Crippen molar-refractivity contribution in [1.29, 1.82) is 5.26 Å². The number of hydrogen-bond acceptors (Lipinski definition) is 4. The van der Waals surface area contributed by atoms with Crippen molar-refractivity contribution < 1.29 is 9.90 Å². The Morgan fingerprint density at radius 3 is 2.36 bits per heavy atom. The molecule has 0 spiro atoms. The Labute approximate surface area is 145 Å². The molecule has 25 heavy (non-hydrogen) atoms. The van der Waals surface area contributed by atoms with E-state index in [1.165, 1.54) is 0 Å². The van der Waals surface area contributed by atoms with Crippen LogP contribution in [0.3, 0.4) is 0 Å². The molecule has 0 atom stereocenters. The molecule has 0 aliphatic rings. The van der Waals surface area contributed by atoms with Gasteiger partial charge in [0.25, 0.3) is 0 Å². The lowest BCUT2D eigenvalue weighted by Gasteiger charge is -2.09. The normalized spacial score (nSPS) is 10.2. The lowest BCUT2D eigenvalue weighted by atomic mass is 10.0. The van der Waals surface area contributed by atoms with Crippen molar-refractivity contribution >= 4 is 5.97 Å². The van der Waals surface area contributed by atoms with Crippen molar-refractivity contribution in [3.8, 4) is 17.5 Å². The average molecular weight is 329 g/mol. The van der Waals surface area contributed by atoms with Crippen LogP contribution in [0.4, 0.5) is 0 Å². The Kier molecular flexibility index (Phi) is 4.53. The van der Waals surface area contributed by atoms with Crippen molar-refractivity contribution in [2.45, 2.75) is 13.3 Å². The van der Waals surface area contributed by atoms with E-state index in [0.717, 1.165) is 11.1 Å². The first-order chi connectivity index (χ1) is 12.1. The van der Waals surface area contributed by atoms with Gasteiger partial charge in [-0.3, -0.25) is 0 Å². The van der Waals surface area contributed by atoms with E-state index in [1.807, 2.05) is 30.3 Å². The van der Waals surface area contributed by atoms with Crippen LogP contribution in [0, 0.1) is 18.3 Å². The number of aromatic nitrogens is 2. The van der Waals surface area contributed by atoms with Crippen LogP contribution in [0.15, 0.2) is 54.6 Å². The minimum absolute atomic E-state index is 0.230. The molecule has 5 nitrogen and oxygen atoms in total. The number of nitriles is 1. The standard InChI is InChI=1S/C20H15N3O2/c1-13-17(12-21)18(11-14-7-9-16(10-8-14)20(24)25)23-19(22-13)15-5-3-2-4-6-15/h2-10H,11H2,1H3,(H,24,25). The zero-order valence-corrected chi connectivity index (χ0v) is 13.6. The SMILES string of the molecule is Cc1nc(-c2ccccc2)nc(Cc2ccc(C(=O)O)cc2)c1C#N. The van der Waals surface area contributed by atoms with Crippen LogP contribution in [0.5, 0.6) is 0 Å². The highest BCUT2D eigenvalue weighted by Gasteiger charge is 2.13. The van der Waals surface area contributed by atoms with Crippen LogP contribution in [0.25, 0.3) is 11.4 Å². The van der Waals surface area contributed by atoms with Gasteiger partial charge in [-0.1, -0.05) is 42.5 Å². The summed E-state index contributed by atoms with van der Waals surface area (Å²) in [6.45, 7) is 1.80. The number of carboxylic acid groups (broad SMARTS) is 1. The van der Waals surface area contributed by atoms with Crippen LogP contribution < -0.4 is 0 Å². The number of rotatable bonds is 4. The van der Waals surface area contributed by atoms with Gasteiger partial charge in [0.05, 0.1) is 22.5 Å². The van der Waals surface area contributed by atoms with Crippen molar-refractivity contribution in [2.24, 2.45) is 0 Å². The molecule has 0 radical (unpaired) electrons. The molecule has 3 aromatic rings. The number of hydrogen-bond donors (Lipinski definition) is 1. The predicted molar refractivity (Wildman–Crippen MR) is 93.1 cm³/mol. The number of carbonyl (C=O) groups is 1. The molecule has 0 amide bonds. The lowest BCUT2D eigenvalue weighted by molar-refractivity contribution is 0.0697. The second-order valence-corrected chi connectivity index (χ2v) is 5.61. The number of benzene rings is 2. The fraction of sp³-hybridized carbons (Fsp3) is 0.100. The molecule has 122 valence electrons. The van der Waals surface area contributed by atoms with E-state index in [2.05, 4.69) is 16.0 Å². The molecule has 5 heteroatoms. The van der Waals surface area contributed by atoms with Crippen molar-refractivity contribution in [3.63, 3.8) is 0 Å². The Hall–Kier alpha value is -3.52. The Morgan fingerprint density at radius 2 is 1.76 bits per heavy atom. The zero-order valence-electron chi connectivity index (χ0n) is 13.6. The summed E-state index contributed by atoms with van der Waals surface area (Å²) in [4.78, 5) is 20.0. The van der Waals surface area contributed by atoms with Gasteiger partial charge in [-0.2, -0.15) is 5.26 Å². The van der Waals surface area contributed by atoms with Crippen LogP contribution in [-0.2, 0) is 6.42 Å². The maximum Gasteiger partial charge on any atom is 0.335 e.